The molecule has 28 heavy (non-hydrogen) atoms. The number of benzene rings is 1. The summed E-state index contributed by atoms with van der Waals surface area (Å²) in [6.07, 6.45) is 1.78. The highest BCUT2D eigenvalue weighted by Crippen LogP contribution is 2.31. The minimum atomic E-state index is 0.138. The molecular formula is C21H31N5O2. The molecule has 1 aromatic heterocycles. The van der Waals surface area contributed by atoms with Crippen molar-refractivity contribution in [2.75, 3.05) is 41.4 Å². The van der Waals surface area contributed by atoms with Gasteiger partial charge in [0.15, 0.2) is 17.5 Å². The van der Waals surface area contributed by atoms with Crippen LogP contribution in [0.15, 0.2) is 47.6 Å². The van der Waals surface area contributed by atoms with Gasteiger partial charge in [-0.1, -0.05) is 12.1 Å². The summed E-state index contributed by atoms with van der Waals surface area (Å²) in [5.41, 5.74) is 2.07. The monoisotopic (exact) mass is 385 g/mol. The Balaban J connectivity index is 2.11. The number of nitrogens with one attached hydrogen (secondary N) is 2. The van der Waals surface area contributed by atoms with Crippen LogP contribution in [0.4, 0.5) is 0 Å². The summed E-state index contributed by atoms with van der Waals surface area (Å²) in [6, 6.07) is 12.0. The van der Waals surface area contributed by atoms with Crippen LogP contribution in [0.3, 0.4) is 0 Å². The second-order valence-electron chi connectivity index (χ2n) is 6.49. The van der Waals surface area contributed by atoms with Crippen molar-refractivity contribution in [2.24, 2.45) is 4.99 Å². The quantitative estimate of drug-likeness (QED) is 0.510. The summed E-state index contributed by atoms with van der Waals surface area (Å²) in [6.45, 7) is 4.06. The Morgan fingerprint density at radius 2 is 1.89 bits per heavy atom. The van der Waals surface area contributed by atoms with Crippen molar-refractivity contribution in [2.45, 2.75) is 19.5 Å². The van der Waals surface area contributed by atoms with E-state index in [9.17, 15) is 0 Å². The predicted molar refractivity (Wildman–Crippen MR) is 113 cm³/mol. The first-order chi connectivity index (χ1) is 13.6. The summed E-state index contributed by atoms with van der Waals surface area (Å²) in [7, 11) is 7.41. The third-order valence-corrected chi connectivity index (χ3v) is 4.35. The van der Waals surface area contributed by atoms with Crippen LogP contribution in [0.1, 0.15) is 24.2 Å². The lowest BCUT2D eigenvalue weighted by atomic mass is 10.1. The van der Waals surface area contributed by atoms with Crippen LogP contribution in [0.2, 0.25) is 0 Å². The van der Waals surface area contributed by atoms with Gasteiger partial charge in [-0.15, -0.1) is 0 Å². The second kappa shape index (κ2) is 11.1. The van der Waals surface area contributed by atoms with Crippen LogP contribution in [0.5, 0.6) is 11.5 Å². The fraction of sp³-hybridized carbons (Fsp3) is 0.429. The number of guanidine groups is 1. The van der Waals surface area contributed by atoms with Crippen molar-refractivity contribution >= 4 is 5.96 Å². The van der Waals surface area contributed by atoms with Crippen LogP contribution in [0.25, 0.3) is 0 Å². The molecule has 0 saturated carbocycles. The van der Waals surface area contributed by atoms with Crippen molar-refractivity contribution in [3.05, 3.63) is 53.9 Å². The molecule has 0 bridgehead atoms. The molecule has 1 unspecified atom stereocenters. The Morgan fingerprint density at radius 1 is 1.11 bits per heavy atom. The standard InChI is InChI=1S/C21H31N5O2/c1-6-22-21(24-14-17-9-7-8-12-23-17)25-15-18(26(2)3)16-10-11-19(27-4)20(13-16)28-5/h7-13,18H,6,14-15H2,1-5H3,(H2,22,24,25). The summed E-state index contributed by atoms with van der Waals surface area (Å²) in [5, 5.41) is 6.72. The van der Waals surface area contributed by atoms with E-state index >= 15 is 0 Å². The molecule has 0 fully saturated rings. The van der Waals surface area contributed by atoms with E-state index in [1.165, 1.54) is 0 Å². The van der Waals surface area contributed by atoms with E-state index < -0.39 is 0 Å². The average Bonchev–Trinajstić information content (AvgIpc) is 2.72. The number of hydrogen-bond acceptors (Lipinski definition) is 5. The molecule has 2 rings (SSSR count). The van der Waals surface area contributed by atoms with Gasteiger partial charge in [-0.25, -0.2) is 4.99 Å². The summed E-state index contributed by atoms with van der Waals surface area (Å²) >= 11 is 0. The van der Waals surface area contributed by atoms with Crippen LogP contribution >= 0.6 is 0 Å². The molecule has 7 nitrogen and oxygen atoms in total. The molecule has 1 aromatic carbocycles. The summed E-state index contributed by atoms with van der Waals surface area (Å²) in [5.74, 6) is 2.21. The first-order valence-corrected chi connectivity index (χ1v) is 9.39. The van der Waals surface area contributed by atoms with Gasteiger partial charge in [-0.3, -0.25) is 4.98 Å². The lowest BCUT2D eigenvalue weighted by Crippen LogP contribution is -2.41. The zero-order chi connectivity index (χ0) is 20.4. The summed E-state index contributed by atoms with van der Waals surface area (Å²) in [4.78, 5) is 11.1. The van der Waals surface area contributed by atoms with E-state index in [4.69, 9.17) is 9.47 Å². The number of hydrogen-bond donors (Lipinski definition) is 2. The van der Waals surface area contributed by atoms with E-state index in [1.54, 1.807) is 20.4 Å². The molecule has 0 spiro atoms. The number of methoxy groups -OCH3 is 2. The molecular weight excluding hydrogens is 354 g/mol. The van der Waals surface area contributed by atoms with Gasteiger partial charge in [-0.2, -0.15) is 0 Å². The van der Waals surface area contributed by atoms with Crippen molar-refractivity contribution in [1.82, 2.24) is 20.5 Å². The minimum Gasteiger partial charge on any atom is -0.493 e. The Labute approximate surface area is 167 Å². The molecule has 0 amide bonds. The van der Waals surface area contributed by atoms with Crippen molar-refractivity contribution in [3.63, 3.8) is 0 Å². The van der Waals surface area contributed by atoms with E-state index in [2.05, 4.69) is 52.6 Å². The predicted octanol–water partition coefficient (Wildman–Crippen LogP) is 2.46. The SMILES string of the molecule is CCNC(=NCc1ccccn1)NCC(c1ccc(OC)c(OC)c1)N(C)C. The largest absolute Gasteiger partial charge is 0.493 e. The van der Waals surface area contributed by atoms with Gasteiger partial charge in [0.05, 0.1) is 32.5 Å². The van der Waals surface area contributed by atoms with E-state index in [0.717, 1.165) is 35.3 Å². The van der Waals surface area contributed by atoms with Crippen LogP contribution in [0, 0.1) is 0 Å². The number of rotatable bonds is 9. The maximum atomic E-state index is 5.45. The van der Waals surface area contributed by atoms with Crippen LogP contribution in [-0.4, -0.2) is 57.2 Å². The topological polar surface area (TPSA) is 71.0 Å². The van der Waals surface area contributed by atoms with Gasteiger partial charge in [0.2, 0.25) is 0 Å². The number of aliphatic imine (C=N–C) groups is 1. The smallest absolute Gasteiger partial charge is 0.191 e. The van der Waals surface area contributed by atoms with Crippen LogP contribution in [-0.2, 0) is 6.54 Å². The number of aromatic nitrogens is 1. The molecule has 0 saturated heterocycles. The molecule has 1 heterocycles. The van der Waals surface area contributed by atoms with Crippen molar-refractivity contribution < 1.29 is 9.47 Å². The maximum absolute atomic E-state index is 5.45. The molecule has 0 aliphatic heterocycles. The van der Waals surface area contributed by atoms with E-state index in [-0.39, 0.29) is 6.04 Å². The highest BCUT2D eigenvalue weighted by Gasteiger charge is 2.17. The van der Waals surface area contributed by atoms with Gasteiger partial charge in [-0.05, 0) is 50.8 Å². The minimum absolute atomic E-state index is 0.138. The zero-order valence-corrected chi connectivity index (χ0v) is 17.4. The highest BCUT2D eigenvalue weighted by atomic mass is 16.5. The fourth-order valence-corrected chi connectivity index (χ4v) is 2.85. The Hall–Kier alpha value is -2.80. The van der Waals surface area contributed by atoms with Gasteiger partial charge in [0.1, 0.15) is 0 Å². The Kier molecular flexibility index (Phi) is 8.55. The Morgan fingerprint density at radius 3 is 2.50 bits per heavy atom. The van der Waals surface area contributed by atoms with Crippen molar-refractivity contribution in [3.8, 4) is 11.5 Å². The lowest BCUT2D eigenvalue weighted by Gasteiger charge is -2.26. The molecule has 2 aromatic rings. The average molecular weight is 386 g/mol. The molecule has 0 aliphatic carbocycles. The van der Waals surface area contributed by atoms with Gasteiger partial charge >= 0.3 is 0 Å². The van der Waals surface area contributed by atoms with E-state index in [0.29, 0.717) is 13.1 Å². The lowest BCUT2D eigenvalue weighted by molar-refractivity contribution is 0.295. The number of ether oxygens (including phenoxy) is 2. The third-order valence-electron chi connectivity index (χ3n) is 4.35. The molecule has 2 N–H and O–H groups in total. The first-order valence-electron chi connectivity index (χ1n) is 9.39. The van der Waals surface area contributed by atoms with E-state index in [1.807, 2.05) is 30.3 Å². The molecule has 0 radical (unpaired) electrons. The Bertz CT molecular complexity index is 750. The fourth-order valence-electron chi connectivity index (χ4n) is 2.85. The van der Waals surface area contributed by atoms with Gasteiger partial charge in [0.25, 0.3) is 0 Å². The summed E-state index contributed by atoms with van der Waals surface area (Å²) < 4.78 is 10.8. The normalized spacial score (nSPS) is 12.6. The number of nitrogens with zero attached hydrogens (tertiary/aromatic N) is 3. The molecule has 0 aliphatic rings. The number of likely N-dealkylation sites (N-methyl/N-ethyl adjacent to an activating group) is 1. The number of pyridine rings is 1. The molecule has 152 valence electrons. The van der Waals surface area contributed by atoms with Gasteiger partial charge < -0.3 is 25.0 Å². The van der Waals surface area contributed by atoms with Gasteiger partial charge in [0, 0.05) is 19.3 Å². The first kappa shape index (κ1) is 21.5. The van der Waals surface area contributed by atoms with Crippen molar-refractivity contribution in [1.29, 1.82) is 0 Å². The molecule has 1 atom stereocenters. The third kappa shape index (κ3) is 6.13. The highest BCUT2D eigenvalue weighted by molar-refractivity contribution is 5.79. The van der Waals surface area contributed by atoms with Crippen LogP contribution < -0.4 is 20.1 Å². The zero-order valence-electron chi connectivity index (χ0n) is 17.4. The molecule has 7 heteroatoms. The second-order valence-corrected chi connectivity index (χ2v) is 6.49. The maximum Gasteiger partial charge on any atom is 0.191 e.